The Hall–Kier alpha value is -3.54. The summed E-state index contributed by atoms with van der Waals surface area (Å²) in [5.41, 5.74) is 2.53. The van der Waals surface area contributed by atoms with Crippen molar-refractivity contribution >= 4 is 23.2 Å². The molecule has 2 N–H and O–H groups in total. The number of hydrogen-bond donors (Lipinski definition) is 2. The van der Waals surface area contributed by atoms with Gasteiger partial charge >= 0.3 is 0 Å². The van der Waals surface area contributed by atoms with Gasteiger partial charge in [-0.2, -0.15) is 0 Å². The number of carbonyl (C=O) groups is 2. The predicted molar refractivity (Wildman–Crippen MR) is 96.2 cm³/mol. The van der Waals surface area contributed by atoms with E-state index in [0.29, 0.717) is 22.8 Å². The maximum atomic E-state index is 12.2. The lowest BCUT2D eigenvalue weighted by Crippen LogP contribution is -2.13. The first kappa shape index (κ1) is 16.3. The van der Waals surface area contributed by atoms with Gasteiger partial charge in [0.2, 0.25) is 5.91 Å². The number of anilines is 2. The van der Waals surface area contributed by atoms with Gasteiger partial charge < -0.3 is 10.6 Å². The Kier molecular flexibility index (Phi) is 4.80. The van der Waals surface area contributed by atoms with E-state index in [0.717, 1.165) is 5.56 Å². The van der Waals surface area contributed by atoms with Gasteiger partial charge in [-0.15, -0.1) is 0 Å². The fraction of sp³-hybridized carbons (Fsp3) is 0.0526. The second kappa shape index (κ2) is 7.35. The Bertz CT molecular complexity index is 876. The van der Waals surface area contributed by atoms with Gasteiger partial charge in [0.05, 0.1) is 18.1 Å². The van der Waals surface area contributed by atoms with Gasteiger partial charge in [0, 0.05) is 23.7 Å². The first-order valence-electron chi connectivity index (χ1n) is 7.68. The SMILES string of the molecule is CC(=O)Nc1ccc(C(=O)Nc2cnc(-c3ccccc3)nc2)cc1. The summed E-state index contributed by atoms with van der Waals surface area (Å²) >= 11 is 0. The summed E-state index contributed by atoms with van der Waals surface area (Å²) in [7, 11) is 0. The molecule has 0 saturated carbocycles. The van der Waals surface area contributed by atoms with Crippen molar-refractivity contribution in [3.05, 3.63) is 72.6 Å². The third-order valence-corrected chi connectivity index (χ3v) is 3.41. The van der Waals surface area contributed by atoms with Crippen molar-refractivity contribution < 1.29 is 9.59 Å². The number of amides is 2. The van der Waals surface area contributed by atoms with E-state index in [2.05, 4.69) is 20.6 Å². The molecular formula is C19H16N4O2. The Morgan fingerprint density at radius 1 is 0.800 bits per heavy atom. The summed E-state index contributed by atoms with van der Waals surface area (Å²) in [6.45, 7) is 1.43. The van der Waals surface area contributed by atoms with E-state index >= 15 is 0 Å². The molecule has 0 aliphatic heterocycles. The molecular weight excluding hydrogens is 316 g/mol. The van der Waals surface area contributed by atoms with E-state index in [1.54, 1.807) is 36.7 Å². The Balaban J connectivity index is 1.67. The Morgan fingerprint density at radius 2 is 1.44 bits per heavy atom. The molecule has 0 aliphatic rings. The minimum Gasteiger partial charge on any atom is -0.326 e. The molecule has 0 saturated heterocycles. The van der Waals surface area contributed by atoms with Gasteiger partial charge in [0.1, 0.15) is 0 Å². The van der Waals surface area contributed by atoms with Crippen molar-refractivity contribution in [3.8, 4) is 11.4 Å². The van der Waals surface area contributed by atoms with E-state index in [1.165, 1.54) is 6.92 Å². The van der Waals surface area contributed by atoms with E-state index in [9.17, 15) is 9.59 Å². The molecule has 124 valence electrons. The van der Waals surface area contributed by atoms with Crippen molar-refractivity contribution in [2.45, 2.75) is 6.92 Å². The zero-order chi connectivity index (χ0) is 17.6. The van der Waals surface area contributed by atoms with Crippen LogP contribution in [0.5, 0.6) is 0 Å². The quantitative estimate of drug-likeness (QED) is 0.767. The average Bonchev–Trinajstić information content (AvgIpc) is 2.63. The highest BCUT2D eigenvalue weighted by atomic mass is 16.2. The van der Waals surface area contributed by atoms with Crippen molar-refractivity contribution in [1.29, 1.82) is 0 Å². The van der Waals surface area contributed by atoms with Gasteiger partial charge in [-0.25, -0.2) is 9.97 Å². The summed E-state index contributed by atoms with van der Waals surface area (Å²) in [6.07, 6.45) is 3.14. The Morgan fingerprint density at radius 3 is 2.04 bits per heavy atom. The topological polar surface area (TPSA) is 84.0 Å². The van der Waals surface area contributed by atoms with E-state index in [-0.39, 0.29) is 11.8 Å². The summed E-state index contributed by atoms with van der Waals surface area (Å²) in [4.78, 5) is 31.8. The lowest BCUT2D eigenvalue weighted by Gasteiger charge is -2.07. The normalized spacial score (nSPS) is 10.1. The van der Waals surface area contributed by atoms with Crippen LogP contribution in [0.4, 0.5) is 11.4 Å². The number of nitrogens with one attached hydrogen (secondary N) is 2. The molecule has 1 aromatic heterocycles. The van der Waals surface area contributed by atoms with Gasteiger partial charge in [0.25, 0.3) is 5.91 Å². The van der Waals surface area contributed by atoms with Gasteiger partial charge in [-0.05, 0) is 24.3 Å². The second-order valence-electron chi connectivity index (χ2n) is 5.37. The monoisotopic (exact) mass is 332 g/mol. The van der Waals surface area contributed by atoms with E-state index in [1.807, 2.05) is 30.3 Å². The number of aromatic nitrogens is 2. The molecule has 3 aromatic rings. The van der Waals surface area contributed by atoms with Crippen molar-refractivity contribution in [3.63, 3.8) is 0 Å². The standard InChI is InChI=1S/C19H16N4O2/c1-13(24)22-16-9-7-15(8-10-16)19(25)23-17-11-20-18(21-12-17)14-5-3-2-4-6-14/h2-12H,1H3,(H,22,24)(H,23,25). The Labute approximate surface area is 145 Å². The first-order valence-corrected chi connectivity index (χ1v) is 7.68. The van der Waals surface area contributed by atoms with Crippen LogP contribution in [0.2, 0.25) is 0 Å². The smallest absolute Gasteiger partial charge is 0.255 e. The van der Waals surface area contributed by atoms with Crippen molar-refractivity contribution in [2.24, 2.45) is 0 Å². The summed E-state index contributed by atoms with van der Waals surface area (Å²) < 4.78 is 0. The number of benzene rings is 2. The molecule has 2 aromatic carbocycles. The highest BCUT2D eigenvalue weighted by Crippen LogP contribution is 2.16. The van der Waals surface area contributed by atoms with Crippen LogP contribution < -0.4 is 10.6 Å². The molecule has 0 unspecified atom stereocenters. The van der Waals surface area contributed by atoms with Crippen molar-refractivity contribution in [1.82, 2.24) is 9.97 Å². The third-order valence-electron chi connectivity index (χ3n) is 3.41. The lowest BCUT2D eigenvalue weighted by molar-refractivity contribution is -0.114. The highest BCUT2D eigenvalue weighted by molar-refractivity contribution is 6.04. The maximum absolute atomic E-state index is 12.2. The minimum absolute atomic E-state index is 0.159. The fourth-order valence-corrected chi connectivity index (χ4v) is 2.24. The largest absolute Gasteiger partial charge is 0.326 e. The van der Waals surface area contributed by atoms with Gasteiger partial charge in [-0.1, -0.05) is 30.3 Å². The molecule has 6 heteroatoms. The van der Waals surface area contributed by atoms with Crippen molar-refractivity contribution in [2.75, 3.05) is 10.6 Å². The molecule has 25 heavy (non-hydrogen) atoms. The van der Waals surface area contributed by atoms with Crippen LogP contribution in [0.15, 0.2) is 67.0 Å². The van der Waals surface area contributed by atoms with E-state index in [4.69, 9.17) is 0 Å². The van der Waals surface area contributed by atoms with Crippen LogP contribution in [0.25, 0.3) is 11.4 Å². The average molecular weight is 332 g/mol. The number of nitrogens with zero attached hydrogens (tertiary/aromatic N) is 2. The van der Waals surface area contributed by atoms with Crippen LogP contribution in [0.1, 0.15) is 17.3 Å². The summed E-state index contributed by atoms with van der Waals surface area (Å²) in [5, 5.41) is 5.40. The number of hydrogen-bond acceptors (Lipinski definition) is 4. The molecule has 0 bridgehead atoms. The number of rotatable bonds is 4. The second-order valence-corrected chi connectivity index (χ2v) is 5.37. The molecule has 0 spiro atoms. The molecule has 1 heterocycles. The minimum atomic E-state index is -0.273. The molecule has 0 radical (unpaired) electrons. The molecule has 0 atom stereocenters. The van der Waals surface area contributed by atoms with E-state index < -0.39 is 0 Å². The summed E-state index contributed by atoms with van der Waals surface area (Å²) in [6, 6.07) is 16.2. The van der Waals surface area contributed by atoms with Crippen LogP contribution in [0.3, 0.4) is 0 Å². The van der Waals surface area contributed by atoms with Gasteiger partial charge in [0.15, 0.2) is 5.82 Å². The zero-order valence-electron chi connectivity index (χ0n) is 13.6. The summed E-state index contributed by atoms with van der Waals surface area (Å²) in [5.74, 6) is 0.163. The molecule has 0 fully saturated rings. The van der Waals surface area contributed by atoms with Crippen LogP contribution >= 0.6 is 0 Å². The molecule has 3 rings (SSSR count). The number of carbonyl (C=O) groups excluding carboxylic acids is 2. The molecule has 2 amide bonds. The van der Waals surface area contributed by atoms with Crippen LogP contribution in [-0.4, -0.2) is 21.8 Å². The lowest BCUT2D eigenvalue weighted by atomic mass is 10.2. The molecule has 6 nitrogen and oxygen atoms in total. The predicted octanol–water partition coefficient (Wildman–Crippen LogP) is 3.35. The fourth-order valence-electron chi connectivity index (χ4n) is 2.24. The van der Waals surface area contributed by atoms with Crippen LogP contribution in [-0.2, 0) is 4.79 Å². The first-order chi connectivity index (χ1) is 12.1. The van der Waals surface area contributed by atoms with Crippen LogP contribution in [0, 0.1) is 0 Å². The molecule has 0 aliphatic carbocycles. The zero-order valence-corrected chi connectivity index (χ0v) is 13.6. The third kappa shape index (κ3) is 4.26. The highest BCUT2D eigenvalue weighted by Gasteiger charge is 2.08. The van der Waals surface area contributed by atoms with Gasteiger partial charge in [-0.3, -0.25) is 9.59 Å². The maximum Gasteiger partial charge on any atom is 0.255 e.